The van der Waals surface area contributed by atoms with Crippen LogP contribution in [-0.2, 0) is 4.74 Å². The zero-order valence-electron chi connectivity index (χ0n) is 16.4. The van der Waals surface area contributed by atoms with Crippen molar-refractivity contribution in [2.75, 3.05) is 19.8 Å². The topological polar surface area (TPSA) is 29.5 Å². The lowest BCUT2D eigenvalue weighted by Crippen LogP contribution is -1.98. The number of allylic oxidation sites excluding steroid dienone is 2. The van der Waals surface area contributed by atoms with E-state index >= 15 is 0 Å². The first kappa shape index (κ1) is 23.7. The summed E-state index contributed by atoms with van der Waals surface area (Å²) in [5.41, 5.74) is 0. The van der Waals surface area contributed by atoms with Crippen LogP contribution in [0.15, 0.2) is 12.2 Å². The smallest absolute Gasteiger partial charge is 0.0466 e. The quantitative estimate of drug-likeness (QED) is 0.195. The molecule has 0 rings (SSSR count). The third-order valence-electron chi connectivity index (χ3n) is 4.50. The van der Waals surface area contributed by atoms with Gasteiger partial charge < -0.3 is 9.84 Å². The van der Waals surface area contributed by atoms with Crippen LogP contribution in [0.1, 0.15) is 110 Å². The molecule has 24 heavy (non-hydrogen) atoms. The molecule has 0 amide bonds. The highest BCUT2D eigenvalue weighted by Crippen LogP contribution is 2.10. The Kier molecular flexibility index (Phi) is 22.3. The second kappa shape index (κ2) is 22.7. The summed E-state index contributed by atoms with van der Waals surface area (Å²) in [4.78, 5) is 0. The van der Waals surface area contributed by atoms with E-state index in [0.717, 1.165) is 26.1 Å². The van der Waals surface area contributed by atoms with Crippen molar-refractivity contribution in [2.45, 2.75) is 110 Å². The molecule has 0 unspecified atom stereocenters. The molecule has 0 saturated heterocycles. The van der Waals surface area contributed by atoms with Crippen molar-refractivity contribution in [3.63, 3.8) is 0 Å². The van der Waals surface area contributed by atoms with Crippen LogP contribution in [0.4, 0.5) is 0 Å². The van der Waals surface area contributed by atoms with Gasteiger partial charge in [-0.05, 0) is 44.9 Å². The molecule has 2 heteroatoms. The zero-order chi connectivity index (χ0) is 17.6. The predicted molar refractivity (Wildman–Crippen MR) is 107 cm³/mol. The van der Waals surface area contributed by atoms with Crippen molar-refractivity contribution in [1.82, 2.24) is 0 Å². The molecule has 2 nitrogen and oxygen atoms in total. The largest absolute Gasteiger partial charge is 0.396 e. The molecular formula is C22H44O2. The minimum Gasteiger partial charge on any atom is -0.396 e. The number of ether oxygens (including phenoxy) is 1. The van der Waals surface area contributed by atoms with Crippen LogP contribution in [0.25, 0.3) is 0 Å². The van der Waals surface area contributed by atoms with Crippen molar-refractivity contribution in [1.29, 1.82) is 0 Å². The van der Waals surface area contributed by atoms with Crippen molar-refractivity contribution >= 4 is 0 Å². The van der Waals surface area contributed by atoms with Gasteiger partial charge >= 0.3 is 0 Å². The summed E-state index contributed by atoms with van der Waals surface area (Å²) in [6, 6.07) is 0. The second-order valence-corrected chi connectivity index (χ2v) is 6.98. The number of aliphatic hydroxyl groups is 1. The van der Waals surface area contributed by atoms with Crippen molar-refractivity contribution in [3.05, 3.63) is 12.2 Å². The van der Waals surface area contributed by atoms with Crippen molar-refractivity contribution < 1.29 is 9.84 Å². The lowest BCUT2D eigenvalue weighted by molar-refractivity contribution is 0.121. The Balaban J connectivity index is 3.03. The Morgan fingerprint density at radius 2 is 1.04 bits per heavy atom. The summed E-state index contributed by atoms with van der Waals surface area (Å²) in [6.07, 6.45) is 25.5. The van der Waals surface area contributed by atoms with Gasteiger partial charge in [-0.25, -0.2) is 0 Å². The van der Waals surface area contributed by atoms with E-state index in [-0.39, 0.29) is 6.61 Å². The Morgan fingerprint density at radius 3 is 1.58 bits per heavy atom. The Bertz CT molecular complexity index is 238. The van der Waals surface area contributed by atoms with Gasteiger partial charge in [0.2, 0.25) is 0 Å². The molecule has 0 atom stereocenters. The van der Waals surface area contributed by atoms with Gasteiger partial charge in [0, 0.05) is 19.8 Å². The fourth-order valence-corrected chi connectivity index (χ4v) is 2.87. The van der Waals surface area contributed by atoms with Crippen LogP contribution < -0.4 is 0 Å². The molecule has 144 valence electrons. The minimum atomic E-state index is 0.289. The highest BCUT2D eigenvalue weighted by molar-refractivity contribution is 4.81. The van der Waals surface area contributed by atoms with Crippen LogP contribution in [0.3, 0.4) is 0 Å². The van der Waals surface area contributed by atoms with Crippen LogP contribution in [0.5, 0.6) is 0 Å². The van der Waals surface area contributed by atoms with Gasteiger partial charge in [0.1, 0.15) is 0 Å². The van der Waals surface area contributed by atoms with E-state index in [1.54, 1.807) is 0 Å². The fraction of sp³-hybridized carbons (Fsp3) is 0.909. The molecule has 1 N–H and O–H groups in total. The van der Waals surface area contributed by atoms with Gasteiger partial charge in [0.05, 0.1) is 0 Å². The summed E-state index contributed by atoms with van der Waals surface area (Å²) in [6.45, 7) is 4.27. The molecule has 0 aromatic carbocycles. The van der Waals surface area contributed by atoms with E-state index < -0.39 is 0 Å². The maximum Gasteiger partial charge on any atom is 0.0466 e. The first-order chi connectivity index (χ1) is 11.9. The molecule has 0 aliphatic carbocycles. The van der Waals surface area contributed by atoms with Crippen LogP contribution in [0, 0.1) is 0 Å². The molecule has 0 heterocycles. The molecule has 0 spiro atoms. The van der Waals surface area contributed by atoms with E-state index in [4.69, 9.17) is 9.84 Å². The maximum atomic E-state index is 8.66. The second-order valence-electron chi connectivity index (χ2n) is 6.98. The normalized spacial score (nSPS) is 11.6. The number of rotatable bonds is 20. The first-order valence-electron chi connectivity index (χ1n) is 10.8. The van der Waals surface area contributed by atoms with E-state index in [1.807, 2.05) is 0 Å². The Morgan fingerprint density at radius 1 is 0.583 bits per heavy atom. The predicted octanol–water partition coefficient (Wildman–Crippen LogP) is 6.81. The number of unbranched alkanes of at least 4 members (excludes halogenated alkanes) is 13. The van der Waals surface area contributed by atoms with E-state index in [0.29, 0.717) is 0 Å². The van der Waals surface area contributed by atoms with Gasteiger partial charge in [-0.3, -0.25) is 0 Å². The SMILES string of the molecule is CCCCCCCC/C=C\CCCCCCCCOCCCCO. The maximum absolute atomic E-state index is 8.66. The average Bonchev–Trinajstić information content (AvgIpc) is 2.60. The van der Waals surface area contributed by atoms with Crippen LogP contribution >= 0.6 is 0 Å². The zero-order valence-corrected chi connectivity index (χ0v) is 16.4. The van der Waals surface area contributed by atoms with E-state index in [1.165, 1.54) is 89.9 Å². The van der Waals surface area contributed by atoms with E-state index in [2.05, 4.69) is 19.1 Å². The highest BCUT2D eigenvalue weighted by atomic mass is 16.5. The molecule has 0 aliphatic rings. The van der Waals surface area contributed by atoms with Crippen molar-refractivity contribution in [2.24, 2.45) is 0 Å². The van der Waals surface area contributed by atoms with E-state index in [9.17, 15) is 0 Å². The molecule has 0 aromatic rings. The molecule has 0 bridgehead atoms. The molecule has 0 aromatic heterocycles. The lowest BCUT2D eigenvalue weighted by Gasteiger charge is -2.03. The molecule has 0 saturated carbocycles. The summed E-state index contributed by atoms with van der Waals surface area (Å²) in [7, 11) is 0. The summed E-state index contributed by atoms with van der Waals surface area (Å²) >= 11 is 0. The van der Waals surface area contributed by atoms with Crippen molar-refractivity contribution in [3.8, 4) is 0 Å². The minimum absolute atomic E-state index is 0.289. The molecule has 0 fully saturated rings. The Labute approximate surface area is 152 Å². The third kappa shape index (κ3) is 21.7. The molecule has 0 radical (unpaired) electrons. The highest BCUT2D eigenvalue weighted by Gasteiger charge is 1.93. The summed E-state index contributed by atoms with van der Waals surface area (Å²) < 4.78 is 5.53. The van der Waals surface area contributed by atoms with Crippen LogP contribution in [-0.4, -0.2) is 24.9 Å². The lowest BCUT2D eigenvalue weighted by atomic mass is 10.1. The van der Waals surface area contributed by atoms with Crippen LogP contribution in [0.2, 0.25) is 0 Å². The number of hydrogen-bond acceptors (Lipinski definition) is 2. The average molecular weight is 341 g/mol. The monoisotopic (exact) mass is 340 g/mol. The fourth-order valence-electron chi connectivity index (χ4n) is 2.87. The standard InChI is InChI=1S/C22H44O2/c1-2-3-4-5-6-7-8-9-10-11-12-13-14-15-16-18-21-24-22-19-17-20-23/h9-10,23H,2-8,11-22H2,1H3/b10-9-. The summed E-state index contributed by atoms with van der Waals surface area (Å²) in [5, 5.41) is 8.66. The third-order valence-corrected chi connectivity index (χ3v) is 4.50. The molecule has 0 aliphatic heterocycles. The Hall–Kier alpha value is -0.340. The van der Waals surface area contributed by atoms with Gasteiger partial charge in [0.25, 0.3) is 0 Å². The van der Waals surface area contributed by atoms with Gasteiger partial charge in [0.15, 0.2) is 0 Å². The van der Waals surface area contributed by atoms with Gasteiger partial charge in [-0.1, -0.05) is 76.9 Å². The number of hydrogen-bond donors (Lipinski definition) is 1. The first-order valence-corrected chi connectivity index (χ1v) is 10.8. The molecular weight excluding hydrogens is 296 g/mol. The number of aliphatic hydroxyl groups excluding tert-OH is 1. The summed E-state index contributed by atoms with van der Waals surface area (Å²) in [5.74, 6) is 0. The van der Waals surface area contributed by atoms with Gasteiger partial charge in [-0.2, -0.15) is 0 Å². The van der Waals surface area contributed by atoms with Gasteiger partial charge in [-0.15, -0.1) is 0 Å².